The second kappa shape index (κ2) is 39.1. The molecule has 0 saturated heterocycles. The highest BCUT2D eigenvalue weighted by Gasteiger charge is 2.27. The number of unbranched alkanes of at least 4 members (excludes halogenated alkanes) is 18. The van der Waals surface area contributed by atoms with Crippen molar-refractivity contribution in [2.24, 2.45) is 17.8 Å². The lowest BCUT2D eigenvalue weighted by molar-refractivity contribution is -0.148. The van der Waals surface area contributed by atoms with Crippen molar-refractivity contribution in [3.8, 4) is 0 Å². The molecule has 1 fully saturated rings. The smallest absolute Gasteiger partial charge is 0.328 e. The van der Waals surface area contributed by atoms with E-state index in [-0.39, 0.29) is 17.7 Å². The van der Waals surface area contributed by atoms with E-state index in [4.69, 9.17) is 4.74 Å². The molecule has 0 spiro atoms. The maximum Gasteiger partial charge on any atom is 0.328 e. The van der Waals surface area contributed by atoms with Gasteiger partial charge in [-0.25, -0.2) is 4.79 Å². The lowest BCUT2D eigenvalue weighted by Crippen LogP contribution is -2.42. The number of hydrogen-bond donors (Lipinski definition) is 1. The third kappa shape index (κ3) is 33.1. The Bertz CT molecular complexity index is 1080. The zero-order chi connectivity index (χ0) is 41.4. The molecule has 5 nitrogen and oxygen atoms in total. The molecule has 0 heterocycles. The summed E-state index contributed by atoms with van der Waals surface area (Å²) in [4.78, 5) is 38.9. The molecule has 0 radical (unpaired) electrons. The Balaban J connectivity index is 2.32. The van der Waals surface area contributed by atoms with E-state index in [0.29, 0.717) is 32.3 Å². The van der Waals surface area contributed by atoms with Crippen LogP contribution in [0.1, 0.15) is 233 Å². The molecule has 0 aliphatic heterocycles. The Kier molecular flexibility index (Phi) is 36.0. The minimum Gasteiger partial charge on any atom is -0.464 e. The summed E-state index contributed by atoms with van der Waals surface area (Å²) in [5.41, 5.74) is 0. The Morgan fingerprint density at radius 2 is 1.00 bits per heavy atom. The van der Waals surface area contributed by atoms with Gasteiger partial charge in [-0.1, -0.05) is 160 Å². The van der Waals surface area contributed by atoms with E-state index in [1.807, 2.05) is 0 Å². The van der Waals surface area contributed by atoms with E-state index >= 15 is 0 Å². The van der Waals surface area contributed by atoms with E-state index in [1.54, 1.807) is 0 Å². The van der Waals surface area contributed by atoms with Crippen molar-refractivity contribution in [1.29, 1.82) is 0 Å². The highest BCUT2D eigenvalue weighted by Crippen LogP contribution is 2.38. The average Bonchev–Trinajstić information content (AvgIpc) is 3.53. The summed E-state index contributed by atoms with van der Waals surface area (Å²) in [6.45, 7) is 9.59. The van der Waals surface area contributed by atoms with E-state index in [9.17, 15) is 14.4 Å². The van der Waals surface area contributed by atoms with Crippen LogP contribution in [0.25, 0.3) is 0 Å². The van der Waals surface area contributed by atoms with E-state index in [1.165, 1.54) is 103 Å². The highest BCUT2D eigenvalue weighted by molar-refractivity contribution is 5.85. The zero-order valence-corrected chi connectivity index (χ0v) is 37.9. The number of esters is 1. The molecule has 1 amide bonds. The first kappa shape index (κ1) is 52.6. The van der Waals surface area contributed by atoms with Gasteiger partial charge >= 0.3 is 5.97 Å². The summed E-state index contributed by atoms with van der Waals surface area (Å²) in [5.74, 6) is 2.14. The summed E-state index contributed by atoms with van der Waals surface area (Å²) >= 11 is 0. The normalized spacial score (nSPS) is 17.8. The van der Waals surface area contributed by atoms with Gasteiger partial charge in [0.05, 0.1) is 6.61 Å². The number of allylic oxidation sites excluding steroid dienone is 8. The molecule has 1 saturated carbocycles. The second-order valence-electron chi connectivity index (χ2n) is 17.5. The Hall–Kier alpha value is -2.43. The third-order valence-electron chi connectivity index (χ3n) is 12.0. The summed E-state index contributed by atoms with van der Waals surface area (Å²) in [6, 6.07) is -0.745. The summed E-state index contributed by atoms with van der Waals surface area (Å²) < 4.78 is 5.67. The van der Waals surface area contributed by atoms with Crippen molar-refractivity contribution in [1.82, 2.24) is 5.32 Å². The second-order valence-corrected chi connectivity index (χ2v) is 17.5. The lowest BCUT2D eigenvalue weighted by atomic mass is 9.97. The third-order valence-corrected chi connectivity index (χ3v) is 12.0. The zero-order valence-electron chi connectivity index (χ0n) is 37.9. The topological polar surface area (TPSA) is 72.5 Å². The maximum atomic E-state index is 13.2. The van der Waals surface area contributed by atoms with Crippen LogP contribution >= 0.6 is 0 Å². The molecular formula is C52H91NO4. The SMILES string of the molecule is CCCCC/C=C\C/C=C\CCCCCCCCOC(=O)C(CCC(=O)CCCCC1C[C@@H](C)[C@@H](C)C1)NC(=O)CCCCCCC/C=C\C/C=C\CCCCC. The lowest BCUT2D eigenvalue weighted by Gasteiger charge is -2.18. The number of amides is 1. The molecule has 57 heavy (non-hydrogen) atoms. The fourth-order valence-corrected chi connectivity index (χ4v) is 8.01. The number of ketones is 1. The van der Waals surface area contributed by atoms with Gasteiger partial charge in [0, 0.05) is 19.3 Å². The molecule has 0 aromatic rings. The first-order valence-electron chi connectivity index (χ1n) is 24.4. The minimum absolute atomic E-state index is 0.108. The largest absolute Gasteiger partial charge is 0.464 e. The van der Waals surface area contributed by atoms with E-state index < -0.39 is 6.04 Å². The van der Waals surface area contributed by atoms with Crippen molar-refractivity contribution in [2.75, 3.05) is 6.61 Å². The van der Waals surface area contributed by atoms with Gasteiger partial charge in [0.1, 0.15) is 11.8 Å². The molecule has 328 valence electrons. The summed E-state index contributed by atoms with van der Waals surface area (Å²) in [5, 5.41) is 2.95. The standard InChI is InChI=1S/C52H91NO4/c1-5-7-9-11-13-15-17-19-21-23-25-27-29-31-33-37-43-57-52(56)50(42-41-49(54)39-36-35-38-48-44-46(3)47(4)45-48)53-51(55)40-34-32-30-28-26-24-22-20-18-16-14-12-10-8-6-2/h13-16,19-22,46-48,50H,5-12,17-18,23-45H2,1-4H3,(H,53,55)/b15-13-,16-14-,21-19-,22-20-/t46-,47+,48?,50?. The average molecular weight is 794 g/mol. The molecule has 1 N–H and O–H groups in total. The molecule has 1 aliphatic carbocycles. The quantitative estimate of drug-likeness (QED) is 0.0382. The summed E-state index contributed by atoms with van der Waals surface area (Å²) in [7, 11) is 0. The van der Waals surface area contributed by atoms with Crippen LogP contribution in [0.5, 0.6) is 0 Å². The molecule has 0 aromatic heterocycles. The number of carbonyl (C=O) groups excluding carboxylic acids is 3. The predicted octanol–water partition coefficient (Wildman–Crippen LogP) is 15.2. The van der Waals surface area contributed by atoms with Crippen molar-refractivity contribution in [3.63, 3.8) is 0 Å². The minimum atomic E-state index is -0.745. The number of carbonyl (C=O) groups is 3. The van der Waals surface area contributed by atoms with Crippen LogP contribution in [-0.4, -0.2) is 30.3 Å². The molecule has 5 heteroatoms. The van der Waals surface area contributed by atoms with Gasteiger partial charge in [0.15, 0.2) is 0 Å². The van der Waals surface area contributed by atoms with E-state index in [2.05, 4.69) is 81.6 Å². The first-order chi connectivity index (χ1) is 27.9. The monoisotopic (exact) mass is 794 g/mol. The molecule has 2 unspecified atom stereocenters. The van der Waals surface area contributed by atoms with Crippen LogP contribution in [-0.2, 0) is 19.1 Å². The van der Waals surface area contributed by atoms with Gasteiger partial charge in [-0.3, -0.25) is 9.59 Å². The Morgan fingerprint density at radius 1 is 0.544 bits per heavy atom. The molecule has 0 bridgehead atoms. The fourth-order valence-electron chi connectivity index (χ4n) is 8.01. The molecule has 4 atom stereocenters. The number of Topliss-reactive ketones (excluding diaryl/α,β-unsaturated/α-hetero) is 1. The highest BCUT2D eigenvalue weighted by atomic mass is 16.5. The van der Waals surface area contributed by atoms with Gasteiger partial charge in [-0.2, -0.15) is 0 Å². The van der Waals surface area contributed by atoms with Crippen LogP contribution in [0.15, 0.2) is 48.6 Å². The fraction of sp³-hybridized carbons (Fsp3) is 0.788. The number of ether oxygens (including phenoxy) is 1. The van der Waals surface area contributed by atoms with Crippen LogP contribution < -0.4 is 5.32 Å². The van der Waals surface area contributed by atoms with Crippen molar-refractivity contribution in [2.45, 2.75) is 239 Å². The first-order valence-corrected chi connectivity index (χ1v) is 24.4. The van der Waals surface area contributed by atoms with Crippen LogP contribution in [0, 0.1) is 17.8 Å². The maximum absolute atomic E-state index is 13.2. The van der Waals surface area contributed by atoms with Crippen molar-refractivity contribution < 1.29 is 19.1 Å². The molecule has 1 aliphatic rings. The molecule has 1 rings (SSSR count). The Morgan fingerprint density at radius 3 is 1.53 bits per heavy atom. The number of nitrogens with one attached hydrogen (secondary N) is 1. The molecular weight excluding hydrogens is 703 g/mol. The van der Waals surface area contributed by atoms with Crippen LogP contribution in [0.3, 0.4) is 0 Å². The number of hydrogen-bond acceptors (Lipinski definition) is 4. The van der Waals surface area contributed by atoms with E-state index in [0.717, 1.165) is 94.8 Å². The van der Waals surface area contributed by atoms with Crippen LogP contribution in [0.4, 0.5) is 0 Å². The van der Waals surface area contributed by atoms with Gasteiger partial charge in [0.25, 0.3) is 0 Å². The van der Waals surface area contributed by atoms with Crippen LogP contribution in [0.2, 0.25) is 0 Å². The van der Waals surface area contributed by atoms with Crippen molar-refractivity contribution in [3.05, 3.63) is 48.6 Å². The van der Waals surface area contributed by atoms with Gasteiger partial charge in [-0.15, -0.1) is 0 Å². The molecule has 0 aromatic carbocycles. The number of rotatable bonds is 39. The summed E-state index contributed by atoms with van der Waals surface area (Å²) in [6.07, 6.45) is 52.3. The predicted molar refractivity (Wildman–Crippen MR) is 245 cm³/mol. The van der Waals surface area contributed by atoms with Gasteiger partial charge in [-0.05, 0) is 120 Å². The van der Waals surface area contributed by atoms with Gasteiger partial charge < -0.3 is 10.1 Å². The van der Waals surface area contributed by atoms with Gasteiger partial charge in [0.2, 0.25) is 5.91 Å². The Labute approximate surface area is 353 Å². The van der Waals surface area contributed by atoms with Crippen molar-refractivity contribution >= 4 is 17.7 Å².